The van der Waals surface area contributed by atoms with Crippen LogP contribution in [-0.4, -0.2) is 52.4 Å². The van der Waals surface area contributed by atoms with Gasteiger partial charge in [0.15, 0.2) is 0 Å². The molecule has 1 atom stereocenters. The summed E-state index contributed by atoms with van der Waals surface area (Å²) in [5, 5.41) is 0.973. The molecule has 1 saturated heterocycles. The molecule has 8 nitrogen and oxygen atoms in total. The lowest BCUT2D eigenvalue weighted by Gasteiger charge is -2.41. The molecule has 0 spiro atoms. The topological polar surface area (TPSA) is 97.9 Å². The number of hydrogen-bond acceptors (Lipinski definition) is 4. The van der Waals surface area contributed by atoms with Crippen LogP contribution in [0.4, 0.5) is 4.79 Å². The first-order valence-electron chi connectivity index (χ1n) is 10.6. The molecule has 2 aliphatic rings. The van der Waals surface area contributed by atoms with Gasteiger partial charge >= 0.3 is 6.03 Å². The molecule has 164 valence electrons. The van der Waals surface area contributed by atoms with E-state index < -0.39 is 11.8 Å². The average Bonchev–Trinajstić information content (AvgIpc) is 3.09. The van der Waals surface area contributed by atoms with Crippen LogP contribution in [-0.2, 0) is 17.9 Å². The standard InChI is InChI=1S/C24H24N4O4/c1-3-32-16-8-9-19-17(10-16)21-18-12-27(24(31)26(2)23(18)30)13-20(21)28(19)11-14-4-6-15(7-5-14)22(25)29/h4-10,18H,3,11-13H2,1-2H3,(H2,25,29). The number of carbonyl (C=O) groups excluding carboxylic acids is 3. The summed E-state index contributed by atoms with van der Waals surface area (Å²) in [5.74, 6) is -0.301. The number of nitrogens with two attached hydrogens (primary N) is 1. The van der Waals surface area contributed by atoms with E-state index in [4.69, 9.17) is 10.5 Å². The van der Waals surface area contributed by atoms with E-state index in [9.17, 15) is 14.4 Å². The van der Waals surface area contributed by atoms with Gasteiger partial charge in [-0.25, -0.2) is 4.79 Å². The van der Waals surface area contributed by atoms with Gasteiger partial charge in [-0.3, -0.25) is 14.5 Å². The molecular formula is C24H24N4O4. The predicted octanol–water partition coefficient (Wildman–Crippen LogP) is 2.68. The maximum Gasteiger partial charge on any atom is 0.326 e. The van der Waals surface area contributed by atoms with E-state index in [2.05, 4.69) is 4.57 Å². The molecule has 2 bridgehead atoms. The maximum atomic E-state index is 13.0. The number of aromatic nitrogens is 1. The second-order valence-corrected chi connectivity index (χ2v) is 8.23. The van der Waals surface area contributed by atoms with Crippen LogP contribution in [0.2, 0.25) is 0 Å². The quantitative estimate of drug-likeness (QED) is 0.670. The molecule has 1 fully saturated rings. The Bertz CT molecular complexity index is 1260. The fourth-order valence-electron chi connectivity index (χ4n) is 4.81. The third kappa shape index (κ3) is 3.02. The molecule has 3 heterocycles. The second-order valence-electron chi connectivity index (χ2n) is 8.23. The molecule has 1 unspecified atom stereocenters. The van der Waals surface area contributed by atoms with Gasteiger partial charge in [0.25, 0.3) is 0 Å². The van der Waals surface area contributed by atoms with E-state index in [1.165, 1.54) is 4.90 Å². The first-order chi connectivity index (χ1) is 15.4. The molecule has 32 heavy (non-hydrogen) atoms. The number of fused-ring (bicyclic) bond motifs is 6. The first-order valence-corrected chi connectivity index (χ1v) is 10.6. The molecule has 0 radical (unpaired) electrons. The van der Waals surface area contributed by atoms with Crippen molar-refractivity contribution >= 4 is 28.7 Å². The number of hydrogen-bond donors (Lipinski definition) is 1. The van der Waals surface area contributed by atoms with Crippen LogP contribution >= 0.6 is 0 Å². The van der Waals surface area contributed by atoms with E-state index in [1.54, 1.807) is 24.1 Å². The Morgan fingerprint density at radius 3 is 2.59 bits per heavy atom. The zero-order chi connectivity index (χ0) is 22.6. The fourth-order valence-corrected chi connectivity index (χ4v) is 4.81. The number of rotatable bonds is 5. The molecule has 2 N–H and O–H groups in total. The fraction of sp³-hybridized carbons (Fsp3) is 0.292. The van der Waals surface area contributed by atoms with Crippen molar-refractivity contribution in [1.29, 1.82) is 0 Å². The maximum absolute atomic E-state index is 13.0. The molecule has 2 aromatic carbocycles. The molecule has 1 aromatic heterocycles. The molecule has 2 aliphatic heterocycles. The zero-order valence-corrected chi connectivity index (χ0v) is 18.0. The van der Waals surface area contributed by atoms with Gasteiger partial charge in [0.1, 0.15) is 5.75 Å². The number of benzene rings is 2. The Labute approximate surface area is 185 Å². The Hall–Kier alpha value is -3.81. The predicted molar refractivity (Wildman–Crippen MR) is 118 cm³/mol. The molecule has 5 rings (SSSR count). The largest absolute Gasteiger partial charge is 0.494 e. The van der Waals surface area contributed by atoms with Crippen LogP contribution in [0, 0.1) is 0 Å². The summed E-state index contributed by atoms with van der Waals surface area (Å²) >= 11 is 0. The molecule has 8 heteroatoms. The highest BCUT2D eigenvalue weighted by molar-refractivity contribution is 6.04. The summed E-state index contributed by atoms with van der Waals surface area (Å²) in [6.45, 7) is 3.84. The number of carbonyl (C=O) groups is 3. The minimum absolute atomic E-state index is 0.182. The number of urea groups is 1. The van der Waals surface area contributed by atoms with Crippen molar-refractivity contribution in [3.63, 3.8) is 0 Å². The highest BCUT2D eigenvalue weighted by atomic mass is 16.5. The minimum Gasteiger partial charge on any atom is -0.494 e. The number of nitrogens with zero attached hydrogens (tertiary/aromatic N) is 3. The number of ether oxygens (including phenoxy) is 1. The van der Waals surface area contributed by atoms with Gasteiger partial charge in [-0.05, 0) is 48.4 Å². The van der Waals surface area contributed by atoms with Crippen LogP contribution in [0.25, 0.3) is 10.9 Å². The average molecular weight is 432 g/mol. The lowest BCUT2D eigenvalue weighted by atomic mass is 9.89. The highest BCUT2D eigenvalue weighted by Crippen LogP contribution is 2.41. The van der Waals surface area contributed by atoms with Gasteiger partial charge in [-0.2, -0.15) is 0 Å². The number of primary amides is 1. The molecule has 4 amide bonds. The Kier molecular flexibility index (Phi) is 4.65. The van der Waals surface area contributed by atoms with Gasteiger partial charge in [0.05, 0.1) is 19.1 Å². The molecular weight excluding hydrogens is 408 g/mol. The first kappa shape index (κ1) is 20.1. The molecule has 3 aromatic rings. The van der Waals surface area contributed by atoms with Crippen molar-refractivity contribution in [2.75, 3.05) is 20.2 Å². The summed E-state index contributed by atoms with van der Waals surface area (Å²) in [7, 11) is 1.54. The van der Waals surface area contributed by atoms with Gasteiger partial charge in [0, 0.05) is 42.3 Å². The summed E-state index contributed by atoms with van der Waals surface area (Å²) in [4.78, 5) is 40.0. The van der Waals surface area contributed by atoms with Gasteiger partial charge in [-0.1, -0.05) is 12.1 Å². The van der Waals surface area contributed by atoms with Crippen molar-refractivity contribution in [3.8, 4) is 5.75 Å². The van der Waals surface area contributed by atoms with Crippen LogP contribution in [0.5, 0.6) is 5.75 Å². The van der Waals surface area contributed by atoms with Gasteiger partial charge in [-0.15, -0.1) is 0 Å². The Balaban J connectivity index is 1.67. The third-order valence-electron chi connectivity index (χ3n) is 6.35. The molecule has 0 aliphatic carbocycles. The zero-order valence-electron chi connectivity index (χ0n) is 18.0. The smallest absolute Gasteiger partial charge is 0.326 e. The van der Waals surface area contributed by atoms with E-state index in [1.807, 2.05) is 37.3 Å². The van der Waals surface area contributed by atoms with E-state index in [0.717, 1.165) is 33.5 Å². The van der Waals surface area contributed by atoms with Gasteiger partial charge in [0.2, 0.25) is 11.8 Å². The lowest BCUT2D eigenvalue weighted by Crippen LogP contribution is -2.56. The molecule has 0 saturated carbocycles. The van der Waals surface area contributed by atoms with Crippen molar-refractivity contribution in [1.82, 2.24) is 14.4 Å². The minimum atomic E-state index is -0.467. The van der Waals surface area contributed by atoms with E-state index >= 15 is 0 Å². The van der Waals surface area contributed by atoms with Crippen molar-refractivity contribution in [2.45, 2.75) is 25.9 Å². The lowest BCUT2D eigenvalue weighted by molar-refractivity contribution is -0.132. The van der Waals surface area contributed by atoms with E-state index in [0.29, 0.717) is 31.8 Å². The normalized spacial score (nSPS) is 17.6. The highest BCUT2D eigenvalue weighted by Gasteiger charge is 2.44. The van der Waals surface area contributed by atoms with Crippen LogP contribution in [0.15, 0.2) is 42.5 Å². The second kappa shape index (κ2) is 7.40. The number of amides is 4. The summed E-state index contributed by atoms with van der Waals surface area (Å²) in [5.41, 5.74) is 9.71. The van der Waals surface area contributed by atoms with Crippen molar-refractivity contribution < 1.29 is 19.1 Å². The summed E-state index contributed by atoms with van der Waals surface area (Å²) < 4.78 is 7.88. The van der Waals surface area contributed by atoms with Gasteiger partial charge < -0.3 is 19.9 Å². The van der Waals surface area contributed by atoms with Crippen LogP contribution in [0.3, 0.4) is 0 Å². The monoisotopic (exact) mass is 432 g/mol. The SMILES string of the molecule is CCOc1ccc2c(c1)c1c(n2Cc2ccc(C(N)=O)cc2)CN2CC1C(=O)N(C)C2=O. The summed E-state index contributed by atoms with van der Waals surface area (Å²) in [6.07, 6.45) is 0. The number of likely N-dealkylation sites (N-methyl/N-ethyl adjacent to an activating group) is 1. The Morgan fingerprint density at radius 1 is 1.16 bits per heavy atom. The Morgan fingerprint density at radius 2 is 1.91 bits per heavy atom. The summed E-state index contributed by atoms with van der Waals surface area (Å²) in [6, 6.07) is 12.8. The van der Waals surface area contributed by atoms with Crippen LogP contribution in [0.1, 0.15) is 40.0 Å². The van der Waals surface area contributed by atoms with Crippen molar-refractivity contribution in [2.24, 2.45) is 5.73 Å². The van der Waals surface area contributed by atoms with Crippen molar-refractivity contribution in [3.05, 3.63) is 64.8 Å². The van der Waals surface area contributed by atoms with E-state index in [-0.39, 0.29) is 11.9 Å². The third-order valence-corrected chi connectivity index (χ3v) is 6.35. The number of imide groups is 1. The van der Waals surface area contributed by atoms with Crippen LogP contribution < -0.4 is 10.5 Å².